The van der Waals surface area contributed by atoms with Gasteiger partial charge in [0.25, 0.3) is 0 Å². The van der Waals surface area contributed by atoms with Gasteiger partial charge in [0.05, 0.1) is 21.9 Å². The largest absolute Gasteiger partial charge is 0.478 e. The lowest BCUT2D eigenvalue weighted by Crippen LogP contribution is -2.33. The van der Waals surface area contributed by atoms with Gasteiger partial charge in [0.1, 0.15) is 0 Å². The average Bonchev–Trinajstić information content (AvgIpc) is 2.39. The molecule has 0 bridgehead atoms. The fourth-order valence-electron chi connectivity index (χ4n) is 1.45. The van der Waals surface area contributed by atoms with E-state index in [-0.39, 0.29) is 17.0 Å². The van der Waals surface area contributed by atoms with E-state index in [2.05, 4.69) is 20.7 Å². The number of nitriles is 1. The minimum Gasteiger partial charge on any atom is -0.478 e. The van der Waals surface area contributed by atoms with E-state index in [4.69, 9.17) is 10.4 Å². The standard InChI is InChI=1S/C13H15BrN2O4S/c1-8-4-9(12(17)18)5-10(11(8)14)21(19,20)16-7-13(2,3)6-15/h4-5,16H,7H2,1-3H3,(H,17,18). The van der Waals surface area contributed by atoms with Gasteiger partial charge in [-0.05, 0) is 54.4 Å². The van der Waals surface area contributed by atoms with Crippen LogP contribution in [-0.2, 0) is 10.0 Å². The zero-order valence-electron chi connectivity index (χ0n) is 11.8. The maximum absolute atomic E-state index is 12.3. The van der Waals surface area contributed by atoms with Crippen LogP contribution in [0.5, 0.6) is 0 Å². The number of nitrogens with zero attached hydrogens (tertiary/aromatic N) is 1. The maximum Gasteiger partial charge on any atom is 0.335 e. The van der Waals surface area contributed by atoms with Crippen LogP contribution >= 0.6 is 15.9 Å². The molecule has 0 amide bonds. The first kappa shape index (κ1) is 17.6. The molecular weight excluding hydrogens is 360 g/mol. The van der Waals surface area contributed by atoms with E-state index in [1.54, 1.807) is 20.8 Å². The maximum atomic E-state index is 12.3. The molecule has 0 radical (unpaired) electrons. The van der Waals surface area contributed by atoms with E-state index < -0.39 is 21.4 Å². The summed E-state index contributed by atoms with van der Waals surface area (Å²) in [6, 6.07) is 4.45. The van der Waals surface area contributed by atoms with Gasteiger partial charge in [0, 0.05) is 11.0 Å². The molecule has 0 atom stereocenters. The van der Waals surface area contributed by atoms with Crippen molar-refractivity contribution < 1.29 is 18.3 Å². The molecule has 114 valence electrons. The molecule has 0 aliphatic rings. The Hall–Kier alpha value is -1.43. The Balaban J connectivity index is 3.26. The van der Waals surface area contributed by atoms with Crippen LogP contribution in [0.1, 0.15) is 29.8 Å². The molecule has 0 aromatic heterocycles. The third kappa shape index (κ3) is 4.27. The lowest BCUT2D eigenvalue weighted by Gasteiger charge is -2.17. The molecule has 1 aromatic carbocycles. The molecule has 0 aliphatic heterocycles. The van der Waals surface area contributed by atoms with Gasteiger partial charge in [-0.3, -0.25) is 0 Å². The van der Waals surface area contributed by atoms with Crippen LogP contribution in [0.25, 0.3) is 0 Å². The Morgan fingerprint density at radius 2 is 2.05 bits per heavy atom. The number of nitrogens with one attached hydrogen (secondary N) is 1. The Kier molecular flexibility index (Phi) is 5.15. The molecule has 0 aliphatic carbocycles. The predicted octanol–water partition coefficient (Wildman–Crippen LogP) is 2.28. The van der Waals surface area contributed by atoms with Crippen molar-refractivity contribution in [2.45, 2.75) is 25.7 Å². The van der Waals surface area contributed by atoms with Crippen molar-refractivity contribution in [3.8, 4) is 6.07 Å². The summed E-state index contributed by atoms with van der Waals surface area (Å²) in [6.45, 7) is 4.73. The molecule has 0 saturated heterocycles. The minimum atomic E-state index is -3.92. The molecule has 0 fully saturated rings. The second-order valence-corrected chi connectivity index (χ2v) is 7.76. The average molecular weight is 375 g/mol. The molecule has 6 nitrogen and oxygen atoms in total. The highest BCUT2D eigenvalue weighted by molar-refractivity contribution is 9.10. The number of carbonyl (C=O) groups is 1. The highest BCUT2D eigenvalue weighted by Gasteiger charge is 2.25. The quantitative estimate of drug-likeness (QED) is 0.821. The smallest absolute Gasteiger partial charge is 0.335 e. The van der Waals surface area contributed by atoms with Gasteiger partial charge >= 0.3 is 5.97 Å². The van der Waals surface area contributed by atoms with Gasteiger partial charge in [-0.25, -0.2) is 17.9 Å². The number of sulfonamides is 1. The third-order valence-corrected chi connectivity index (χ3v) is 5.50. The van der Waals surface area contributed by atoms with E-state index >= 15 is 0 Å². The van der Waals surface area contributed by atoms with Crippen molar-refractivity contribution in [1.29, 1.82) is 5.26 Å². The molecule has 21 heavy (non-hydrogen) atoms. The molecule has 2 N–H and O–H groups in total. The van der Waals surface area contributed by atoms with Gasteiger partial charge in [-0.1, -0.05) is 0 Å². The molecule has 0 heterocycles. The van der Waals surface area contributed by atoms with Crippen LogP contribution in [-0.4, -0.2) is 26.0 Å². The Bertz CT molecular complexity index is 720. The van der Waals surface area contributed by atoms with Gasteiger partial charge in [-0.15, -0.1) is 0 Å². The first-order chi connectivity index (χ1) is 9.50. The molecule has 0 unspecified atom stereocenters. The molecular formula is C13H15BrN2O4S. The SMILES string of the molecule is Cc1cc(C(=O)O)cc(S(=O)(=O)NCC(C)(C)C#N)c1Br. The Morgan fingerprint density at radius 1 is 1.48 bits per heavy atom. The number of carboxylic acids is 1. The van der Waals surface area contributed by atoms with Crippen molar-refractivity contribution in [1.82, 2.24) is 4.72 Å². The number of benzene rings is 1. The van der Waals surface area contributed by atoms with Gasteiger partial charge in [-0.2, -0.15) is 5.26 Å². The molecule has 0 spiro atoms. The van der Waals surface area contributed by atoms with Gasteiger partial charge in [0.15, 0.2) is 0 Å². The normalized spacial score (nSPS) is 12.0. The van der Waals surface area contributed by atoms with Crippen LogP contribution in [0, 0.1) is 23.7 Å². The van der Waals surface area contributed by atoms with Crippen LogP contribution in [0.15, 0.2) is 21.5 Å². The number of hydrogen-bond donors (Lipinski definition) is 2. The summed E-state index contributed by atoms with van der Waals surface area (Å²) >= 11 is 3.16. The van der Waals surface area contributed by atoms with Crippen LogP contribution in [0.2, 0.25) is 0 Å². The topological polar surface area (TPSA) is 107 Å². The van der Waals surface area contributed by atoms with Gasteiger partial charge < -0.3 is 5.11 Å². The summed E-state index contributed by atoms with van der Waals surface area (Å²) in [7, 11) is -3.92. The molecule has 1 aromatic rings. The highest BCUT2D eigenvalue weighted by atomic mass is 79.9. The van der Waals surface area contributed by atoms with Crippen LogP contribution in [0.4, 0.5) is 0 Å². The number of hydrogen-bond acceptors (Lipinski definition) is 4. The first-order valence-corrected chi connectivity index (χ1v) is 8.22. The van der Waals surface area contributed by atoms with Crippen molar-refractivity contribution in [3.05, 3.63) is 27.7 Å². The van der Waals surface area contributed by atoms with Crippen molar-refractivity contribution in [2.24, 2.45) is 5.41 Å². The van der Waals surface area contributed by atoms with Crippen LogP contribution in [0.3, 0.4) is 0 Å². The summed E-state index contributed by atoms with van der Waals surface area (Å²) in [5.41, 5.74) is -0.482. The lowest BCUT2D eigenvalue weighted by atomic mass is 9.97. The second-order valence-electron chi connectivity index (χ2n) is 5.23. The monoisotopic (exact) mass is 374 g/mol. The highest BCUT2D eigenvalue weighted by Crippen LogP contribution is 2.27. The number of halogens is 1. The van der Waals surface area contributed by atoms with Gasteiger partial charge in [0.2, 0.25) is 10.0 Å². The number of rotatable bonds is 5. The van der Waals surface area contributed by atoms with E-state index in [9.17, 15) is 13.2 Å². The zero-order chi connectivity index (χ0) is 16.4. The first-order valence-electron chi connectivity index (χ1n) is 5.94. The Morgan fingerprint density at radius 3 is 2.52 bits per heavy atom. The van der Waals surface area contributed by atoms with Crippen molar-refractivity contribution >= 4 is 31.9 Å². The number of aromatic carboxylic acids is 1. The van der Waals surface area contributed by atoms with Crippen molar-refractivity contribution in [2.75, 3.05) is 6.54 Å². The lowest BCUT2D eigenvalue weighted by molar-refractivity contribution is 0.0696. The third-order valence-electron chi connectivity index (χ3n) is 2.76. The predicted molar refractivity (Wildman–Crippen MR) is 80.4 cm³/mol. The summed E-state index contributed by atoms with van der Waals surface area (Å²) < 4.78 is 27.2. The Labute approximate surface area is 132 Å². The molecule has 0 saturated carbocycles. The minimum absolute atomic E-state index is 0.0748. The molecule has 1 rings (SSSR count). The van der Waals surface area contributed by atoms with E-state index in [1.807, 2.05) is 6.07 Å². The summed E-state index contributed by atoms with van der Waals surface area (Å²) in [5, 5.41) is 17.9. The van der Waals surface area contributed by atoms with E-state index in [0.717, 1.165) is 6.07 Å². The summed E-state index contributed by atoms with van der Waals surface area (Å²) in [4.78, 5) is 10.9. The number of aryl methyl sites for hydroxylation is 1. The zero-order valence-corrected chi connectivity index (χ0v) is 14.2. The van der Waals surface area contributed by atoms with E-state index in [0.29, 0.717) is 10.0 Å². The fraction of sp³-hybridized carbons (Fsp3) is 0.385. The summed E-state index contributed by atoms with van der Waals surface area (Å²) in [6.07, 6.45) is 0. The van der Waals surface area contributed by atoms with E-state index in [1.165, 1.54) is 6.07 Å². The molecule has 8 heteroatoms. The summed E-state index contributed by atoms with van der Waals surface area (Å²) in [5.74, 6) is -1.21. The van der Waals surface area contributed by atoms with Crippen molar-refractivity contribution in [3.63, 3.8) is 0 Å². The number of carboxylic acid groups (broad SMARTS) is 1. The van der Waals surface area contributed by atoms with Crippen LogP contribution < -0.4 is 4.72 Å². The second kappa shape index (κ2) is 6.13. The fourth-order valence-corrected chi connectivity index (χ4v) is 3.70.